The fraction of sp³-hybridized carbons (Fsp3) is 0.154. The van der Waals surface area contributed by atoms with Crippen molar-refractivity contribution in [3.63, 3.8) is 0 Å². The van der Waals surface area contributed by atoms with Crippen LogP contribution in [0.15, 0.2) is 73.9 Å². The minimum atomic E-state index is -4.32. The number of rotatable bonds is 9. The number of carbonyl (C=O) groups excluding carboxylic acids is 2. The van der Waals surface area contributed by atoms with Gasteiger partial charge in [0.05, 0.1) is 15.4 Å². The summed E-state index contributed by atoms with van der Waals surface area (Å²) in [4.78, 5) is 24.9. The van der Waals surface area contributed by atoms with E-state index in [0.717, 1.165) is 5.56 Å². The Labute approximate surface area is 251 Å². The molecule has 0 aliphatic heterocycles. The largest absolute Gasteiger partial charge is 0.508 e. The van der Waals surface area contributed by atoms with Crippen molar-refractivity contribution in [2.45, 2.75) is 30.5 Å². The molecule has 0 saturated heterocycles. The van der Waals surface area contributed by atoms with Crippen molar-refractivity contribution in [3.05, 3.63) is 86.3 Å². The van der Waals surface area contributed by atoms with Crippen LogP contribution in [0.5, 0.6) is 17.2 Å². The smallest absolute Gasteiger partial charge is 0.293 e. The van der Waals surface area contributed by atoms with Crippen molar-refractivity contribution in [3.8, 4) is 17.2 Å². The Morgan fingerprint density at radius 2 is 1.70 bits per heavy atom. The van der Waals surface area contributed by atoms with Crippen LogP contribution in [0.3, 0.4) is 0 Å². The number of phenols is 1. The van der Waals surface area contributed by atoms with Crippen LogP contribution in [0.4, 0.5) is 5.13 Å². The van der Waals surface area contributed by atoms with Gasteiger partial charge in [-0.25, -0.2) is 4.72 Å². The first-order chi connectivity index (χ1) is 18.9. The van der Waals surface area contributed by atoms with E-state index in [4.69, 9.17) is 4.74 Å². The molecule has 0 aliphatic carbocycles. The molecule has 0 spiro atoms. The van der Waals surface area contributed by atoms with Crippen molar-refractivity contribution in [2.24, 2.45) is 0 Å². The van der Waals surface area contributed by atoms with E-state index >= 15 is 0 Å². The molecule has 3 aromatic carbocycles. The lowest BCUT2D eigenvalue weighted by Gasteiger charge is -2.14. The first-order valence-electron chi connectivity index (χ1n) is 11.7. The Morgan fingerprint density at radius 3 is 2.35 bits per heavy atom. The van der Waals surface area contributed by atoms with Gasteiger partial charge in [-0.3, -0.25) is 14.9 Å². The third kappa shape index (κ3) is 7.24. The molecule has 4 rings (SSSR count). The summed E-state index contributed by atoms with van der Waals surface area (Å²) in [5.74, 6) is -0.0467. The molecular weight excluding hydrogens is 688 g/mol. The van der Waals surface area contributed by atoms with Crippen LogP contribution in [0.25, 0.3) is 0 Å². The predicted molar refractivity (Wildman–Crippen MR) is 157 cm³/mol. The van der Waals surface area contributed by atoms with E-state index in [2.05, 4.69) is 47.4 Å². The van der Waals surface area contributed by atoms with Crippen molar-refractivity contribution in [1.29, 1.82) is 0 Å². The highest BCUT2D eigenvalue weighted by molar-refractivity contribution is 9.11. The molecular formula is C26H22Br2N4O6S2. The summed E-state index contributed by atoms with van der Waals surface area (Å²) in [6, 6.07) is 16.6. The lowest BCUT2D eigenvalue weighted by molar-refractivity contribution is -0.118. The molecule has 0 fully saturated rings. The summed E-state index contributed by atoms with van der Waals surface area (Å²) in [5.41, 5.74) is 1.60. The topological polar surface area (TPSA) is 148 Å². The maximum Gasteiger partial charge on any atom is 0.293 e. The molecule has 0 atom stereocenters. The summed E-state index contributed by atoms with van der Waals surface area (Å²) < 4.78 is 34.0. The quantitative estimate of drug-likeness (QED) is 0.180. The van der Waals surface area contributed by atoms with E-state index < -0.39 is 26.2 Å². The number of nitrogens with zero attached hydrogens (tertiary/aromatic N) is 2. The van der Waals surface area contributed by atoms with Crippen LogP contribution in [0.1, 0.15) is 41.3 Å². The van der Waals surface area contributed by atoms with E-state index in [1.165, 1.54) is 0 Å². The van der Waals surface area contributed by atoms with Gasteiger partial charge in [-0.15, -0.1) is 10.2 Å². The molecule has 40 heavy (non-hydrogen) atoms. The number of aromatic nitrogens is 2. The summed E-state index contributed by atoms with van der Waals surface area (Å²) in [7, 11) is -4.32. The van der Waals surface area contributed by atoms with Crippen molar-refractivity contribution in [1.82, 2.24) is 14.9 Å². The van der Waals surface area contributed by atoms with Crippen LogP contribution >= 0.6 is 43.2 Å². The lowest BCUT2D eigenvalue weighted by atomic mass is 10.0. The van der Waals surface area contributed by atoms with Gasteiger partial charge in [-0.2, -0.15) is 8.42 Å². The Bertz CT molecular complexity index is 1650. The first-order valence-corrected chi connectivity index (χ1v) is 15.6. The SMILES string of the molecule is CC(C)c1cc(Oc2c(Br)cc(CC(=O)NS(=O)(=O)c3nnc(NC(=O)c4ccccc4)s3)cc2Br)ccc1O. The zero-order valence-electron chi connectivity index (χ0n) is 21.0. The minimum absolute atomic E-state index is 0.0285. The molecule has 1 heterocycles. The summed E-state index contributed by atoms with van der Waals surface area (Å²) in [6.45, 7) is 3.91. The molecule has 0 radical (unpaired) electrons. The number of anilines is 1. The van der Waals surface area contributed by atoms with E-state index in [1.807, 2.05) is 18.6 Å². The molecule has 208 valence electrons. The Hall–Kier alpha value is -3.33. The van der Waals surface area contributed by atoms with Crippen LogP contribution in [0.2, 0.25) is 0 Å². The Morgan fingerprint density at radius 1 is 1.02 bits per heavy atom. The normalized spacial score (nSPS) is 11.3. The summed E-state index contributed by atoms with van der Waals surface area (Å²) in [5, 5.41) is 19.8. The van der Waals surface area contributed by atoms with Crippen molar-refractivity contribution < 1.29 is 27.9 Å². The molecule has 0 bridgehead atoms. The number of nitrogens with one attached hydrogen (secondary N) is 2. The third-order valence-corrected chi connectivity index (χ3v) is 9.16. The molecule has 3 N–H and O–H groups in total. The minimum Gasteiger partial charge on any atom is -0.508 e. The van der Waals surface area contributed by atoms with Gasteiger partial charge in [0.2, 0.25) is 11.0 Å². The van der Waals surface area contributed by atoms with Crippen LogP contribution < -0.4 is 14.8 Å². The third-order valence-electron chi connectivity index (χ3n) is 5.40. The average molecular weight is 710 g/mol. The highest BCUT2D eigenvalue weighted by Crippen LogP contribution is 2.39. The second-order valence-electron chi connectivity index (χ2n) is 8.76. The van der Waals surface area contributed by atoms with Gasteiger partial charge in [0.1, 0.15) is 11.5 Å². The molecule has 10 nitrogen and oxygen atoms in total. The van der Waals surface area contributed by atoms with Crippen LogP contribution in [-0.4, -0.2) is 35.5 Å². The molecule has 0 saturated carbocycles. The average Bonchev–Trinajstić information content (AvgIpc) is 3.36. The fourth-order valence-electron chi connectivity index (χ4n) is 3.53. The van der Waals surface area contributed by atoms with Gasteiger partial charge in [0, 0.05) is 11.1 Å². The van der Waals surface area contributed by atoms with Gasteiger partial charge < -0.3 is 9.84 Å². The predicted octanol–water partition coefficient (Wildman–Crippen LogP) is 5.98. The fourth-order valence-corrected chi connectivity index (χ4v) is 6.85. The maximum atomic E-state index is 12.7. The molecule has 2 amide bonds. The number of halogens is 2. The van der Waals surface area contributed by atoms with Crippen LogP contribution in [-0.2, 0) is 21.2 Å². The highest BCUT2D eigenvalue weighted by Gasteiger charge is 2.24. The second kappa shape index (κ2) is 12.5. The van der Waals surface area contributed by atoms with Gasteiger partial charge in [0.15, 0.2) is 5.75 Å². The number of carbonyl (C=O) groups is 2. The summed E-state index contributed by atoms with van der Waals surface area (Å²) >= 11 is 7.50. The second-order valence-corrected chi connectivity index (χ2v) is 13.3. The number of ether oxygens (including phenoxy) is 1. The molecule has 14 heteroatoms. The zero-order valence-corrected chi connectivity index (χ0v) is 25.8. The maximum absolute atomic E-state index is 12.7. The monoisotopic (exact) mass is 708 g/mol. The zero-order chi connectivity index (χ0) is 29.0. The Balaban J connectivity index is 1.41. The number of amides is 2. The highest BCUT2D eigenvalue weighted by atomic mass is 79.9. The van der Waals surface area contributed by atoms with Gasteiger partial charge in [0.25, 0.3) is 20.3 Å². The van der Waals surface area contributed by atoms with Gasteiger partial charge >= 0.3 is 0 Å². The van der Waals surface area contributed by atoms with Crippen molar-refractivity contribution in [2.75, 3.05) is 5.32 Å². The van der Waals surface area contributed by atoms with E-state index in [0.29, 0.717) is 42.9 Å². The summed E-state index contributed by atoms with van der Waals surface area (Å²) in [6.07, 6.45) is -0.260. The molecule has 0 aliphatic rings. The van der Waals surface area contributed by atoms with Crippen molar-refractivity contribution >= 4 is 70.2 Å². The number of aromatic hydroxyl groups is 1. The number of sulfonamides is 1. The van der Waals surface area contributed by atoms with Crippen LogP contribution in [0, 0.1) is 0 Å². The molecule has 1 aromatic heterocycles. The van der Waals surface area contributed by atoms with Gasteiger partial charge in [-0.05, 0) is 85.8 Å². The van der Waals surface area contributed by atoms with E-state index in [-0.39, 0.29) is 23.2 Å². The van der Waals surface area contributed by atoms with E-state index in [1.54, 1.807) is 60.7 Å². The standard InChI is InChI=1S/C26H22Br2N4O6S2/c1-14(2)18-13-17(8-9-21(18)33)38-23-19(27)10-15(11-20(23)28)12-22(34)32-40(36,37)26-31-30-25(39-26)29-24(35)16-6-4-3-5-7-16/h3-11,13-14,33H,12H2,1-2H3,(H,32,34)(H,29,30,35). The van der Waals surface area contributed by atoms with E-state index in [9.17, 15) is 23.1 Å². The Kier molecular flexibility index (Phi) is 9.23. The number of phenolic OH excluding ortho intramolecular Hbond substituents is 1. The molecule has 0 unspecified atom stereocenters. The lowest BCUT2D eigenvalue weighted by Crippen LogP contribution is -2.31. The molecule has 4 aromatic rings. The van der Waals surface area contributed by atoms with Gasteiger partial charge in [-0.1, -0.05) is 43.4 Å². The first kappa shape index (κ1) is 29.6. The number of benzene rings is 3. The number of hydrogen-bond donors (Lipinski definition) is 3. The number of hydrogen-bond acceptors (Lipinski definition) is 9.